The number of anilines is 1. The van der Waals surface area contributed by atoms with Crippen LogP contribution in [0, 0.1) is 29.8 Å². The number of hydrogen-bond donors (Lipinski definition) is 2. The van der Waals surface area contributed by atoms with Gasteiger partial charge in [-0.05, 0) is 36.5 Å². The first kappa shape index (κ1) is 18.5. The third kappa shape index (κ3) is 3.65. The molecule has 0 aliphatic heterocycles. The number of benzene rings is 1. The molecular formula is C16H14ClFN6O3. The molecule has 3 rings (SSSR count). The molecule has 0 bridgehead atoms. The second-order valence-corrected chi connectivity index (χ2v) is 6.16. The van der Waals surface area contributed by atoms with Gasteiger partial charge in [-0.15, -0.1) is 5.10 Å². The van der Waals surface area contributed by atoms with E-state index in [0.29, 0.717) is 29.2 Å². The number of H-pyrrole nitrogens is 1. The zero-order chi connectivity index (χ0) is 19.7. The maximum absolute atomic E-state index is 13.4. The Hall–Kier alpha value is -3.27. The van der Waals surface area contributed by atoms with Crippen molar-refractivity contribution in [3.05, 3.63) is 67.9 Å². The molecule has 0 spiro atoms. The van der Waals surface area contributed by atoms with Gasteiger partial charge in [-0.3, -0.25) is 9.48 Å². The summed E-state index contributed by atoms with van der Waals surface area (Å²) in [5, 5.41) is 23.1. The topological polar surface area (TPSA) is 119 Å². The molecule has 0 radical (unpaired) electrons. The van der Waals surface area contributed by atoms with Gasteiger partial charge in [-0.1, -0.05) is 28.8 Å². The normalized spacial score (nSPS) is 10.8. The lowest BCUT2D eigenvalue weighted by atomic mass is 10.2. The largest absolute Gasteiger partial charge is 0.362 e. The van der Waals surface area contributed by atoms with E-state index in [1.54, 1.807) is 30.7 Å². The van der Waals surface area contributed by atoms with Crippen LogP contribution in [-0.2, 0) is 6.54 Å². The van der Waals surface area contributed by atoms with Crippen LogP contribution in [0.15, 0.2) is 24.3 Å². The molecule has 0 atom stereocenters. The number of aromatic nitrogens is 4. The fourth-order valence-electron chi connectivity index (χ4n) is 2.60. The molecule has 2 aromatic heterocycles. The first-order chi connectivity index (χ1) is 12.8. The summed E-state index contributed by atoms with van der Waals surface area (Å²) in [6, 6.07) is 6.12. The molecule has 140 valence electrons. The third-order valence-corrected chi connectivity index (χ3v) is 4.29. The SMILES string of the molecule is Cc1nn(Cc2cccc(F)c2)c(C)c1NC(=O)c1n[nH]c([N+](=O)[O-])c1Cl. The van der Waals surface area contributed by atoms with E-state index < -0.39 is 16.6 Å². The van der Waals surface area contributed by atoms with Crippen molar-refractivity contribution in [2.45, 2.75) is 20.4 Å². The lowest BCUT2D eigenvalue weighted by Gasteiger charge is -2.06. The second kappa shape index (κ2) is 7.16. The third-order valence-electron chi connectivity index (χ3n) is 3.93. The minimum absolute atomic E-state index is 0.292. The maximum atomic E-state index is 13.4. The van der Waals surface area contributed by atoms with E-state index in [1.807, 2.05) is 0 Å². The van der Waals surface area contributed by atoms with Gasteiger partial charge in [-0.2, -0.15) is 5.10 Å². The van der Waals surface area contributed by atoms with E-state index in [1.165, 1.54) is 12.1 Å². The number of carbonyl (C=O) groups excluding carboxylic acids is 1. The van der Waals surface area contributed by atoms with Gasteiger partial charge in [0.1, 0.15) is 5.82 Å². The van der Waals surface area contributed by atoms with Crippen LogP contribution in [0.2, 0.25) is 5.02 Å². The zero-order valence-corrected chi connectivity index (χ0v) is 15.0. The monoisotopic (exact) mass is 392 g/mol. The minimum Gasteiger partial charge on any atom is -0.358 e. The first-order valence-corrected chi connectivity index (χ1v) is 8.13. The van der Waals surface area contributed by atoms with Gasteiger partial charge in [0.15, 0.2) is 10.7 Å². The molecule has 2 heterocycles. The van der Waals surface area contributed by atoms with Crippen LogP contribution in [0.4, 0.5) is 15.9 Å². The number of hydrogen-bond acceptors (Lipinski definition) is 5. The van der Waals surface area contributed by atoms with Crippen LogP contribution in [0.3, 0.4) is 0 Å². The number of nitrogens with zero attached hydrogens (tertiary/aromatic N) is 4. The van der Waals surface area contributed by atoms with Gasteiger partial charge in [0.05, 0.1) is 23.6 Å². The number of halogens is 2. The number of carbonyl (C=O) groups is 1. The van der Waals surface area contributed by atoms with Crippen molar-refractivity contribution < 1.29 is 14.1 Å². The highest BCUT2D eigenvalue weighted by molar-refractivity contribution is 6.35. The van der Waals surface area contributed by atoms with Crippen LogP contribution < -0.4 is 5.32 Å². The van der Waals surface area contributed by atoms with E-state index in [2.05, 4.69) is 20.6 Å². The molecule has 3 aromatic rings. The molecule has 2 N–H and O–H groups in total. The summed E-state index contributed by atoms with van der Waals surface area (Å²) in [6.07, 6.45) is 0. The summed E-state index contributed by atoms with van der Waals surface area (Å²) in [6.45, 7) is 3.75. The van der Waals surface area contributed by atoms with Gasteiger partial charge in [0.2, 0.25) is 0 Å². The van der Waals surface area contributed by atoms with Crippen molar-refractivity contribution >= 4 is 29.0 Å². The molecule has 0 unspecified atom stereocenters. The summed E-state index contributed by atoms with van der Waals surface area (Å²) >= 11 is 5.83. The van der Waals surface area contributed by atoms with Crippen LogP contribution in [0.25, 0.3) is 0 Å². The molecule has 0 saturated heterocycles. The summed E-state index contributed by atoms with van der Waals surface area (Å²) in [5.74, 6) is -1.62. The highest BCUT2D eigenvalue weighted by Gasteiger charge is 2.26. The van der Waals surface area contributed by atoms with Crippen molar-refractivity contribution in [2.75, 3.05) is 5.32 Å². The molecule has 9 nitrogen and oxygen atoms in total. The molecule has 1 amide bonds. The highest BCUT2D eigenvalue weighted by Crippen LogP contribution is 2.27. The number of amides is 1. The maximum Gasteiger partial charge on any atom is 0.362 e. The Kier molecular flexibility index (Phi) is 4.91. The van der Waals surface area contributed by atoms with Crippen LogP contribution in [0.1, 0.15) is 27.4 Å². The molecule has 0 aliphatic carbocycles. The lowest BCUT2D eigenvalue weighted by Crippen LogP contribution is -2.14. The molecule has 1 aromatic carbocycles. The number of aryl methyl sites for hydroxylation is 1. The average molecular weight is 393 g/mol. The van der Waals surface area contributed by atoms with E-state index in [0.717, 1.165) is 0 Å². The molecular weight excluding hydrogens is 379 g/mol. The molecule has 11 heteroatoms. The molecule has 27 heavy (non-hydrogen) atoms. The standard InChI is InChI=1S/C16H14ClFN6O3/c1-8-13(19-16(25)14-12(17)15(21-20-14)24(26)27)9(2)23(22-8)7-10-4-3-5-11(18)6-10/h3-6H,7H2,1-2H3,(H,19,25)(H,20,21). The fourth-order valence-corrected chi connectivity index (χ4v) is 2.84. The minimum atomic E-state index is -0.764. The Balaban J connectivity index is 1.84. The molecule has 0 fully saturated rings. The second-order valence-electron chi connectivity index (χ2n) is 5.78. The fraction of sp³-hybridized carbons (Fsp3) is 0.188. The van der Waals surface area contributed by atoms with Crippen molar-refractivity contribution in [3.8, 4) is 0 Å². The predicted molar refractivity (Wildman–Crippen MR) is 95.4 cm³/mol. The summed E-state index contributed by atoms with van der Waals surface area (Å²) in [4.78, 5) is 22.4. The van der Waals surface area contributed by atoms with Crippen LogP contribution in [0.5, 0.6) is 0 Å². The Morgan fingerprint density at radius 1 is 1.44 bits per heavy atom. The number of nitrogens with one attached hydrogen (secondary N) is 2. The van der Waals surface area contributed by atoms with Crippen LogP contribution in [-0.4, -0.2) is 30.8 Å². The van der Waals surface area contributed by atoms with E-state index in [-0.39, 0.29) is 16.5 Å². The van der Waals surface area contributed by atoms with Crippen molar-refractivity contribution in [2.24, 2.45) is 0 Å². The van der Waals surface area contributed by atoms with Gasteiger partial charge < -0.3 is 15.4 Å². The summed E-state index contributed by atoms with van der Waals surface area (Å²) in [5.41, 5.74) is 2.01. The number of nitro groups is 1. The van der Waals surface area contributed by atoms with Gasteiger partial charge >= 0.3 is 5.82 Å². The first-order valence-electron chi connectivity index (χ1n) is 7.76. The molecule has 0 saturated carbocycles. The number of rotatable bonds is 5. The Labute approximate surface area is 157 Å². The van der Waals surface area contributed by atoms with Gasteiger partial charge in [-0.25, -0.2) is 4.39 Å². The van der Waals surface area contributed by atoms with E-state index in [4.69, 9.17) is 11.6 Å². The quantitative estimate of drug-likeness (QED) is 0.510. The predicted octanol–water partition coefficient (Wildman–Crippen LogP) is 3.22. The van der Waals surface area contributed by atoms with Gasteiger partial charge in [0.25, 0.3) is 5.91 Å². The van der Waals surface area contributed by atoms with Crippen LogP contribution >= 0.6 is 11.6 Å². The van der Waals surface area contributed by atoms with Crippen molar-refractivity contribution in [1.82, 2.24) is 20.0 Å². The Bertz CT molecular complexity index is 1040. The van der Waals surface area contributed by atoms with Crippen molar-refractivity contribution in [1.29, 1.82) is 0 Å². The highest BCUT2D eigenvalue weighted by atomic mass is 35.5. The Morgan fingerprint density at radius 2 is 2.19 bits per heavy atom. The van der Waals surface area contributed by atoms with E-state index >= 15 is 0 Å². The zero-order valence-electron chi connectivity index (χ0n) is 14.3. The van der Waals surface area contributed by atoms with Crippen molar-refractivity contribution in [3.63, 3.8) is 0 Å². The lowest BCUT2D eigenvalue weighted by molar-refractivity contribution is -0.389. The average Bonchev–Trinajstić information content (AvgIpc) is 3.10. The van der Waals surface area contributed by atoms with E-state index in [9.17, 15) is 19.3 Å². The summed E-state index contributed by atoms with van der Waals surface area (Å²) < 4.78 is 15.0. The smallest absolute Gasteiger partial charge is 0.358 e. The summed E-state index contributed by atoms with van der Waals surface area (Å²) in [7, 11) is 0. The van der Waals surface area contributed by atoms with Gasteiger partial charge in [0, 0.05) is 0 Å². The Morgan fingerprint density at radius 3 is 2.81 bits per heavy atom. The molecule has 0 aliphatic rings. The number of aromatic amines is 1.